The molecular weight excluding hydrogens is 308 g/mol. The van der Waals surface area contributed by atoms with Crippen LogP contribution in [0.2, 0.25) is 0 Å². The number of benzene rings is 1. The Morgan fingerprint density at radius 2 is 2.32 bits per heavy atom. The van der Waals surface area contributed by atoms with E-state index in [1.54, 1.807) is 0 Å². The van der Waals surface area contributed by atoms with Crippen molar-refractivity contribution in [1.82, 2.24) is 10.6 Å². The van der Waals surface area contributed by atoms with Crippen LogP contribution in [-0.4, -0.2) is 31.1 Å². The summed E-state index contributed by atoms with van der Waals surface area (Å²) in [6, 6.07) is 6.41. The van der Waals surface area contributed by atoms with Crippen LogP contribution in [0.3, 0.4) is 0 Å². The fourth-order valence-corrected chi connectivity index (χ4v) is 3.06. The molecule has 2 N–H and O–H groups in total. The minimum absolute atomic E-state index is 0.168. The summed E-state index contributed by atoms with van der Waals surface area (Å²) in [7, 11) is 0. The lowest BCUT2D eigenvalue weighted by atomic mass is 10.1. The van der Waals surface area contributed by atoms with Crippen molar-refractivity contribution < 1.29 is 9.53 Å². The van der Waals surface area contributed by atoms with Gasteiger partial charge in [0, 0.05) is 36.4 Å². The molecule has 102 valence electrons. The first-order valence-electron chi connectivity index (χ1n) is 6.66. The number of hydrogen-bond donors (Lipinski definition) is 2. The number of carbonyl (C=O) groups is 1. The maximum Gasteiger partial charge on any atom is 0.220 e. The molecule has 0 spiro atoms. The standard InChI is InChI=1S/C14H17BrN2O2/c15-10-1-3-13-9(5-10)6-12(19-13)8-16-7-11-2-4-14(18)17-11/h1,3,5,11-12,16H,2,4,6-8H2,(H,17,18). The molecule has 4 nitrogen and oxygen atoms in total. The van der Waals surface area contributed by atoms with Gasteiger partial charge >= 0.3 is 0 Å². The van der Waals surface area contributed by atoms with Crippen LogP contribution < -0.4 is 15.4 Å². The van der Waals surface area contributed by atoms with Gasteiger partial charge in [-0.2, -0.15) is 0 Å². The zero-order valence-corrected chi connectivity index (χ0v) is 12.2. The summed E-state index contributed by atoms with van der Waals surface area (Å²) in [5.74, 6) is 1.16. The van der Waals surface area contributed by atoms with Crippen molar-refractivity contribution in [3.05, 3.63) is 28.2 Å². The van der Waals surface area contributed by atoms with Crippen LogP contribution in [0.5, 0.6) is 5.75 Å². The molecule has 0 radical (unpaired) electrons. The topological polar surface area (TPSA) is 50.4 Å². The largest absolute Gasteiger partial charge is 0.488 e. The number of ether oxygens (including phenoxy) is 1. The van der Waals surface area contributed by atoms with E-state index in [4.69, 9.17) is 4.74 Å². The van der Waals surface area contributed by atoms with Gasteiger partial charge in [-0.25, -0.2) is 0 Å². The van der Waals surface area contributed by atoms with Crippen molar-refractivity contribution in [2.45, 2.75) is 31.4 Å². The van der Waals surface area contributed by atoms with Crippen molar-refractivity contribution in [3.8, 4) is 5.75 Å². The van der Waals surface area contributed by atoms with Crippen LogP contribution >= 0.6 is 15.9 Å². The van der Waals surface area contributed by atoms with Gasteiger partial charge in [0.05, 0.1) is 0 Å². The monoisotopic (exact) mass is 324 g/mol. The van der Waals surface area contributed by atoms with Crippen molar-refractivity contribution in [1.29, 1.82) is 0 Å². The molecule has 0 aromatic heterocycles. The lowest BCUT2D eigenvalue weighted by Crippen LogP contribution is -2.39. The zero-order valence-electron chi connectivity index (χ0n) is 10.6. The van der Waals surface area contributed by atoms with Crippen LogP contribution in [0.15, 0.2) is 22.7 Å². The first-order valence-corrected chi connectivity index (χ1v) is 7.45. The van der Waals surface area contributed by atoms with Crippen molar-refractivity contribution in [2.75, 3.05) is 13.1 Å². The van der Waals surface area contributed by atoms with E-state index in [1.807, 2.05) is 12.1 Å². The third kappa shape index (κ3) is 3.09. The number of carbonyl (C=O) groups excluding carboxylic acids is 1. The summed E-state index contributed by atoms with van der Waals surface area (Å²) in [5.41, 5.74) is 1.26. The summed E-state index contributed by atoms with van der Waals surface area (Å²) in [5, 5.41) is 6.34. The summed E-state index contributed by atoms with van der Waals surface area (Å²) in [6.07, 6.45) is 2.73. The Bertz CT molecular complexity index is 492. The number of nitrogens with one attached hydrogen (secondary N) is 2. The Morgan fingerprint density at radius 3 is 3.11 bits per heavy atom. The second-order valence-electron chi connectivity index (χ2n) is 5.16. The third-order valence-electron chi connectivity index (χ3n) is 3.61. The molecule has 1 saturated heterocycles. The van der Waals surface area contributed by atoms with E-state index in [-0.39, 0.29) is 18.1 Å². The summed E-state index contributed by atoms with van der Waals surface area (Å²) < 4.78 is 6.97. The molecule has 5 heteroatoms. The molecule has 3 rings (SSSR count). The van der Waals surface area contributed by atoms with Crippen LogP contribution in [-0.2, 0) is 11.2 Å². The van der Waals surface area contributed by atoms with E-state index in [1.165, 1.54) is 5.56 Å². The highest BCUT2D eigenvalue weighted by Crippen LogP contribution is 2.30. The smallest absolute Gasteiger partial charge is 0.220 e. The summed E-state index contributed by atoms with van der Waals surface area (Å²) in [6.45, 7) is 1.64. The molecule has 0 bridgehead atoms. The molecule has 2 aliphatic heterocycles. The van der Waals surface area contributed by atoms with Crippen molar-refractivity contribution in [2.24, 2.45) is 0 Å². The average Bonchev–Trinajstić information content (AvgIpc) is 2.95. The quantitative estimate of drug-likeness (QED) is 0.885. The molecule has 1 aromatic rings. The van der Waals surface area contributed by atoms with Gasteiger partial charge in [-0.1, -0.05) is 15.9 Å². The van der Waals surface area contributed by atoms with Gasteiger partial charge < -0.3 is 15.4 Å². The maximum absolute atomic E-state index is 11.1. The van der Waals surface area contributed by atoms with Gasteiger partial charge in [-0.15, -0.1) is 0 Å². The SMILES string of the molecule is O=C1CCC(CNCC2Cc3cc(Br)ccc3O2)N1. The lowest BCUT2D eigenvalue weighted by molar-refractivity contribution is -0.119. The van der Waals surface area contributed by atoms with Crippen LogP contribution in [0, 0.1) is 0 Å². The van der Waals surface area contributed by atoms with E-state index >= 15 is 0 Å². The van der Waals surface area contributed by atoms with Gasteiger partial charge in [0.2, 0.25) is 5.91 Å². The van der Waals surface area contributed by atoms with E-state index in [2.05, 4.69) is 32.6 Å². The number of hydrogen-bond acceptors (Lipinski definition) is 3. The Kier molecular flexibility index (Phi) is 3.75. The summed E-state index contributed by atoms with van der Waals surface area (Å²) >= 11 is 3.48. The van der Waals surface area contributed by atoms with Gasteiger partial charge in [0.15, 0.2) is 0 Å². The molecule has 2 heterocycles. The van der Waals surface area contributed by atoms with Crippen molar-refractivity contribution in [3.63, 3.8) is 0 Å². The van der Waals surface area contributed by atoms with E-state index in [0.717, 1.165) is 36.2 Å². The molecular formula is C14H17BrN2O2. The zero-order chi connectivity index (χ0) is 13.2. The lowest BCUT2D eigenvalue weighted by Gasteiger charge is -2.14. The highest BCUT2D eigenvalue weighted by Gasteiger charge is 2.24. The van der Waals surface area contributed by atoms with Crippen molar-refractivity contribution >= 4 is 21.8 Å². The predicted molar refractivity (Wildman–Crippen MR) is 76.3 cm³/mol. The molecule has 2 unspecified atom stereocenters. The van der Waals surface area contributed by atoms with E-state index in [9.17, 15) is 4.79 Å². The predicted octanol–water partition coefficient (Wildman–Crippen LogP) is 1.62. The molecule has 0 saturated carbocycles. The normalized spacial score (nSPS) is 25.0. The highest BCUT2D eigenvalue weighted by atomic mass is 79.9. The molecule has 2 atom stereocenters. The number of fused-ring (bicyclic) bond motifs is 1. The Labute approximate surface area is 121 Å². The third-order valence-corrected chi connectivity index (χ3v) is 4.10. The van der Waals surface area contributed by atoms with Gasteiger partial charge in [-0.3, -0.25) is 4.79 Å². The molecule has 1 amide bonds. The van der Waals surface area contributed by atoms with Crippen LogP contribution in [0.4, 0.5) is 0 Å². The van der Waals surface area contributed by atoms with Gasteiger partial charge in [-0.05, 0) is 30.2 Å². The fraction of sp³-hybridized carbons (Fsp3) is 0.500. The molecule has 1 fully saturated rings. The first kappa shape index (κ1) is 12.9. The molecule has 19 heavy (non-hydrogen) atoms. The van der Waals surface area contributed by atoms with E-state index in [0.29, 0.717) is 6.42 Å². The van der Waals surface area contributed by atoms with Gasteiger partial charge in [0.1, 0.15) is 11.9 Å². The number of halogens is 1. The average molecular weight is 325 g/mol. The van der Waals surface area contributed by atoms with Crippen LogP contribution in [0.1, 0.15) is 18.4 Å². The second-order valence-corrected chi connectivity index (χ2v) is 6.07. The molecule has 1 aromatic carbocycles. The molecule has 2 aliphatic rings. The minimum atomic E-state index is 0.168. The Hall–Kier alpha value is -1.07. The highest BCUT2D eigenvalue weighted by molar-refractivity contribution is 9.10. The summed E-state index contributed by atoms with van der Waals surface area (Å²) in [4.78, 5) is 11.1. The number of rotatable bonds is 4. The maximum atomic E-state index is 11.1. The van der Waals surface area contributed by atoms with E-state index < -0.39 is 0 Å². The fourth-order valence-electron chi connectivity index (χ4n) is 2.65. The Morgan fingerprint density at radius 1 is 1.42 bits per heavy atom. The minimum Gasteiger partial charge on any atom is -0.488 e. The number of amides is 1. The first-order chi connectivity index (χ1) is 9.20. The Balaban J connectivity index is 1.44. The second kappa shape index (κ2) is 5.51. The van der Waals surface area contributed by atoms with Crippen LogP contribution in [0.25, 0.3) is 0 Å². The molecule has 0 aliphatic carbocycles. The van der Waals surface area contributed by atoms with Gasteiger partial charge in [0.25, 0.3) is 0 Å².